The fraction of sp³-hybridized carbons (Fsp3) is 0.593. The van der Waals surface area contributed by atoms with Gasteiger partial charge in [0, 0.05) is 55.4 Å². The lowest BCUT2D eigenvalue weighted by Gasteiger charge is -2.38. The molecule has 3 heterocycles. The van der Waals surface area contributed by atoms with Crippen LogP contribution in [0, 0.1) is 6.92 Å². The Labute approximate surface area is 216 Å². The molecule has 1 aliphatic carbocycles. The van der Waals surface area contributed by atoms with Gasteiger partial charge in [0.2, 0.25) is 0 Å². The molecule has 2 fully saturated rings. The number of piperidine rings is 1. The number of nitrogens with zero attached hydrogens (tertiary/aromatic N) is 4. The van der Waals surface area contributed by atoms with E-state index in [9.17, 15) is 4.79 Å². The number of halogens is 1. The molecule has 1 aromatic carbocycles. The van der Waals surface area contributed by atoms with Gasteiger partial charge in [0.15, 0.2) is 0 Å². The predicted molar refractivity (Wildman–Crippen MR) is 141 cm³/mol. The highest BCUT2D eigenvalue weighted by molar-refractivity contribution is 9.10. The number of carbonyl (C=O) groups excluding carboxylic acids is 1. The zero-order chi connectivity index (χ0) is 24.4. The summed E-state index contributed by atoms with van der Waals surface area (Å²) < 4.78 is 6.80. The fourth-order valence-electron chi connectivity index (χ4n) is 5.95. The van der Waals surface area contributed by atoms with E-state index in [1.165, 1.54) is 30.4 Å². The van der Waals surface area contributed by atoms with E-state index in [0.29, 0.717) is 23.9 Å². The molecule has 1 N–H and O–H groups in total. The van der Waals surface area contributed by atoms with Gasteiger partial charge < -0.3 is 19.9 Å². The second-order valence-electron chi connectivity index (χ2n) is 10.2. The van der Waals surface area contributed by atoms with E-state index in [0.717, 1.165) is 67.7 Å². The molecule has 3 aliphatic rings. The largest absolute Gasteiger partial charge is 0.380 e. The zero-order valence-corrected chi connectivity index (χ0v) is 22.4. The van der Waals surface area contributed by atoms with Crippen molar-refractivity contribution < 1.29 is 9.53 Å². The summed E-state index contributed by atoms with van der Waals surface area (Å²) in [5.41, 5.74) is 4.10. The van der Waals surface area contributed by atoms with Crippen molar-refractivity contribution in [1.29, 1.82) is 0 Å². The number of nitrogens with one attached hydrogen (secondary N) is 1. The number of ether oxygens (including phenoxy) is 1. The van der Waals surface area contributed by atoms with E-state index < -0.39 is 0 Å². The Morgan fingerprint density at radius 2 is 1.89 bits per heavy atom. The third kappa shape index (κ3) is 5.39. The molecule has 1 amide bonds. The van der Waals surface area contributed by atoms with Crippen LogP contribution in [0.5, 0.6) is 0 Å². The number of carbonyl (C=O) groups is 1. The minimum absolute atomic E-state index is 0.0252. The number of fused-ring (bicyclic) bond motifs is 1. The van der Waals surface area contributed by atoms with Crippen LogP contribution in [0.15, 0.2) is 29.0 Å². The van der Waals surface area contributed by atoms with Crippen LogP contribution in [0.3, 0.4) is 0 Å². The van der Waals surface area contributed by atoms with Crippen molar-refractivity contribution in [3.8, 4) is 0 Å². The summed E-state index contributed by atoms with van der Waals surface area (Å²) in [6, 6.07) is 7.36. The summed E-state index contributed by atoms with van der Waals surface area (Å²) in [4.78, 5) is 26.7. The topological polar surface area (TPSA) is 70.6 Å². The zero-order valence-electron chi connectivity index (χ0n) is 20.8. The lowest BCUT2D eigenvalue weighted by Crippen LogP contribution is -2.52. The van der Waals surface area contributed by atoms with E-state index in [4.69, 9.17) is 4.74 Å². The van der Waals surface area contributed by atoms with Crippen LogP contribution in [0.2, 0.25) is 0 Å². The van der Waals surface area contributed by atoms with Gasteiger partial charge in [0.1, 0.15) is 17.8 Å². The molecule has 1 aromatic heterocycles. The number of hydrogen-bond acceptors (Lipinski definition) is 6. The average Bonchev–Trinajstić information content (AvgIpc) is 2.89. The molecule has 2 aromatic rings. The van der Waals surface area contributed by atoms with E-state index >= 15 is 0 Å². The van der Waals surface area contributed by atoms with E-state index in [1.54, 1.807) is 6.33 Å². The van der Waals surface area contributed by atoms with Crippen molar-refractivity contribution in [3.05, 3.63) is 51.4 Å². The molecule has 1 saturated carbocycles. The molecule has 0 spiro atoms. The molecule has 0 radical (unpaired) electrons. The van der Waals surface area contributed by atoms with Crippen LogP contribution >= 0.6 is 15.9 Å². The second kappa shape index (κ2) is 10.9. The average molecular weight is 543 g/mol. The molecule has 2 aliphatic heterocycles. The number of hydrogen-bond donors (Lipinski definition) is 1. The lowest BCUT2D eigenvalue weighted by molar-refractivity contribution is 0.0329. The van der Waals surface area contributed by atoms with Crippen LogP contribution in [0.4, 0.5) is 5.82 Å². The van der Waals surface area contributed by atoms with Crippen molar-refractivity contribution in [3.63, 3.8) is 0 Å². The van der Waals surface area contributed by atoms with E-state index in [-0.39, 0.29) is 5.91 Å². The Morgan fingerprint density at radius 3 is 2.69 bits per heavy atom. The number of amides is 1. The van der Waals surface area contributed by atoms with Gasteiger partial charge in [-0.2, -0.15) is 0 Å². The highest BCUT2D eigenvalue weighted by atomic mass is 79.9. The Kier molecular flexibility index (Phi) is 7.70. The van der Waals surface area contributed by atoms with Crippen molar-refractivity contribution in [2.75, 3.05) is 31.6 Å². The number of benzene rings is 1. The molecule has 5 rings (SSSR count). The second-order valence-corrected chi connectivity index (χ2v) is 11.1. The summed E-state index contributed by atoms with van der Waals surface area (Å²) in [6.45, 7) is 5.18. The smallest absolute Gasteiger partial charge is 0.272 e. The van der Waals surface area contributed by atoms with Gasteiger partial charge in [0.05, 0.1) is 6.10 Å². The van der Waals surface area contributed by atoms with Crippen LogP contribution in [0.25, 0.3) is 0 Å². The summed E-state index contributed by atoms with van der Waals surface area (Å²) in [6.07, 6.45) is 9.61. The first-order valence-corrected chi connectivity index (χ1v) is 13.7. The highest BCUT2D eigenvalue weighted by Crippen LogP contribution is 2.29. The molecular formula is C27H36BrN5O2. The molecule has 2 atom stereocenters. The molecule has 8 heteroatoms. The number of methoxy groups -OCH3 is 1. The SMILES string of the molecule is CO[C@H]1CCCC[C@H]1NC1CCN(C(=O)c2ncnc(N3CCc4ccc(Br)cc4C3)c2C)CC1. The third-order valence-electron chi connectivity index (χ3n) is 7.98. The first-order valence-electron chi connectivity index (χ1n) is 13.0. The number of anilines is 1. The van der Waals surface area contributed by atoms with Crippen molar-refractivity contribution >= 4 is 27.7 Å². The molecule has 0 bridgehead atoms. The maximum atomic E-state index is 13.5. The summed E-state index contributed by atoms with van der Waals surface area (Å²) >= 11 is 3.59. The van der Waals surface area contributed by atoms with E-state index in [1.807, 2.05) is 18.9 Å². The Bertz CT molecular complexity index is 1060. The Balaban J connectivity index is 1.23. The van der Waals surface area contributed by atoms with Crippen molar-refractivity contribution in [2.24, 2.45) is 0 Å². The standard InChI is InChI=1S/C27H36BrN5O2/c1-18-25(29-17-30-26(18)33-12-9-19-7-8-21(28)15-20(19)16-33)27(34)32-13-10-22(11-14-32)31-23-5-3-4-6-24(23)35-2/h7-8,15,17,22-24,31H,3-6,9-14,16H2,1-2H3/t23-,24+/m1/s1. The van der Waals surface area contributed by atoms with Crippen LogP contribution < -0.4 is 10.2 Å². The lowest BCUT2D eigenvalue weighted by atomic mass is 9.90. The highest BCUT2D eigenvalue weighted by Gasteiger charge is 2.31. The first kappa shape index (κ1) is 24.7. The van der Waals surface area contributed by atoms with Crippen molar-refractivity contribution in [2.45, 2.75) is 76.6 Å². The molecular weight excluding hydrogens is 506 g/mol. The minimum atomic E-state index is 0.0252. The van der Waals surface area contributed by atoms with Crippen molar-refractivity contribution in [1.82, 2.24) is 20.2 Å². The van der Waals surface area contributed by atoms with Gasteiger partial charge in [0.25, 0.3) is 5.91 Å². The predicted octanol–water partition coefficient (Wildman–Crippen LogP) is 4.26. The van der Waals surface area contributed by atoms with E-state index in [2.05, 4.69) is 54.3 Å². The molecule has 35 heavy (non-hydrogen) atoms. The first-order chi connectivity index (χ1) is 17.0. The summed E-state index contributed by atoms with van der Waals surface area (Å²) in [5, 5.41) is 3.84. The number of likely N-dealkylation sites (tertiary alicyclic amines) is 1. The fourth-order valence-corrected chi connectivity index (χ4v) is 6.36. The third-order valence-corrected chi connectivity index (χ3v) is 8.47. The summed E-state index contributed by atoms with van der Waals surface area (Å²) in [7, 11) is 1.83. The van der Waals surface area contributed by atoms with Gasteiger partial charge in [-0.25, -0.2) is 9.97 Å². The maximum Gasteiger partial charge on any atom is 0.272 e. The van der Waals surface area contributed by atoms with Gasteiger partial charge >= 0.3 is 0 Å². The number of aromatic nitrogens is 2. The molecule has 188 valence electrons. The molecule has 1 saturated heterocycles. The monoisotopic (exact) mass is 541 g/mol. The Hall–Kier alpha value is -2.03. The Morgan fingerprint density at radius 1 is 1.09 bits per heavy atom. The quantitative estimate of drug-likeness (QED) is 0.609. The maximum absolute atomic E-state index is 13.5. The molecule has 0 unspecified atom stereocenters. The minimum Gasteiger partial charge on any atom is -0.380 e. The van der Waals surface area contributed by atoms with Gasteiger partial charge in [-0.1, -0.05) is 34.8 Å². The van der Waals surface area contributed by atoms with Crippen LogP contribution in [-0.4, -0.2) is 65.7 Å². The summed E-state index contributed by atoms with van der Waals surface area (Å²) in [5.74, 6) is 0.894. The van der Waals surface area contributed by atoms with Gasteiger partial charge in [-0.15, -0.1) is 0 Å². The molecule has 7 nitrogen and oxygen atoms in total. The van der Waals surface area contributed by atoms with Crippen LogP contribution in [-0.2, 0) is 17.7 Å². The normalized spacial score (nSPS) is 23.3. The van der Waals surface area contributed by atoms with Gasteiger partial charge in [-0.3, -0.25) is 4.79 Å². The van der Waals surface area contributed by atoms with Crippen LogP contribution in [0.1, 0.15) is 65.7 Å². The van der Waals surface area contributed by atoms with Gasteiger partial charge in [-0.05, 0) is 62.3 Å². The number of rotatable bonds is 5.